The normalized spacial score (nSPS) is 12.9. The Morgan fingerprint density at radius 3 is 2.17 bits per heavy atom. The van der Waals surface area contributed by atoms with Gasteiger partial charge in [-0.1, -0.05) is 54.6 Å². The zero-order valence-electron chi connectivity index (χ0n) is 16.3. The number of para-hydroxylation sites is 3. The molecule has 0 aliphatic rings. The highest BCUT2D eigenvalue weighted by Crippen LogP contribution is 2.28. The molecule has 0 bridgehead atoms. The van der Waals surface area contributed by atoms with E-state index in [0.717, 1.165) is 13.0 Å². The second-order valence-electron chi connectivity index (χ2n) is 7.61. The summed E-state index contributed by atoms with van der Waals surface area (Å²) in [5, 5.41) is 17.9. The number of benzene rings is 3. The number of hydrogen-bond acceptors (Lipinski definition) is 2. The number of fused-ring (bicyclic) bond motifs is 4. The van der Waals surface area contributed by atoms with Crippen LogP contribution in [0, 0.1) is 0 Å². The van der Waals surface area contributed by atoms with Crippen LogP contribution in [0.5, 0.6) is 0 Å². The molecule has 2 aromatic heterocycles. The zero-order chi connectivity index (χ0) is 19.6. The van der Waals surface area contributed by atoms with E-state index < -0.39 is 6.10 Å². The molecule has 3 N–H and O–H groups in total. The van der Waals surface area contributed by atoms with E-state index >= 15 is 0 Å². The van der Waals surface area contributed by atoms with Crippen LogP contribution in [0.4, 0.5) is 0 Å². The molecule has 4 heteroatoms. The molecule has 3 aromatic carbocycles. The maximum Gasteiger partial charge on any atom is 0.0843 e. The maximum absolute atomic E-state index is 10.7. The minimum absolute atomic E-state index is 0.447. The minimum atomic E-state index is -0.447. The van der Waals surface area contributed by atoms with Crippen molar-refractivity contribution >= 4 is 32.7 Å². The Labute approximate surface area is 169 Å². The molecule has 2 heterocycles. The first-order chi connectivity index (χ1) is 14.3. The fourth-order valence-corrected chi connectivity index (χ4v) is 4.31. The number of H-pyrrole nitrogens is 1. The lowest BCUT2D eigenvalue weighted by atomic mass is 10.1. The van der Waals surface area contributed by atoms with Crippen LogP contribution in [-0.4, -0.2) is 33.9 Å². The molecule has 4 nitrogen and oxygen atoms in total. The van der Waals surface area contributed by atoms with E-state index in [-0.39, 0.29) is 0 Å². The maximum atomic E-state index is 10.7. The monoisotopic (exact) mass is 383 g/mol. The fourth-order valence-electron chi connectivity index (χ4n) is 4.31. The third kappa shape index (κ3) is 3.41. The second kappa shape index (κ2) is 7.74. The van der Waals surface area contributed by atoms with Gasteiger partial charge in [-0.15, -0.1) is 0 Å². The largest absolute Gasteiger partial charge is 0.390 e. The fraction of sp³-hybridized carbons (Fsp3) is 0.200. The minimum Gasteiger partial charge on any atom is -0.390 e. The molecule has 0 radical (unpaired) electrons. The van der Waals surface area contributed by atoms with Gasteiger partial charge in [0.2, 0.25) is 0 Å². The van der Waals surface area contributed by atoms with Crippen LogP contribution in [0.2, 0.25) is 0 Å². The van der Waals surface area contributed by atoms with Gasteiger partial charge in [-0.05, 0) is 36.7 Å². The molecular weight excluding hydrogens is 358 g/mol. The van der Waals surface area contributed by atoms with Gasteiger partial charge >= 0.3 is 0 Å². The molecule has 29 heavy (non-hydrogen) atoms. The quantitative estimate of drug-likeness (QED) is 0.363. The van der Waals surface area contributed by atoms with Gasteiger partial charge in [0.25, 0.3) is 0 Å². The molecule has 1 atom stereocenters. The lowest BCUT2D eigenvalue weighted by molar-refractivity contribution is 0.154. The van der Waals surface area contributed by atoms with Crippen LogP contribution < -0.4 is 5.32 Å². The van der Waals surface area contributed by atoms with Crippen LogP contribution in [0.15, 0.2) is 79.0 Å². The lowest BCUT2D eigenvalue weighted by Gasteiger charge is -2.15. The van der Waals surface area contributed by atoms with Crippen molar-refractivity contribution in [3.05, 3.63) is 84.6 Å². The summed E-state index contributed by atoms with van der Waals surface area (Å²) < 4.78 is 2.23. The van der Waals surface area contributed by atoms with Crippen molar-refractivity contribution in [3.8, 4) is 0 Å². The molecule has 0 aliphatic carbocycles. The molecule has 0 aliphatic heterocycles. The van der Waals surface area contributed by atoms with E-state index in [1.807, 2.05) is 6.07 Å². The second-order valence-corrected chi connectivity index (χ2v) is 7.61. The molecule has 0 saturated carbocycles. The van der Waals surface area contributed by atoms with Gasteiger partial charge in [0.1, 0.15) is 0 Å². The first-order valence-corrected chi connectivity index (χ1v) is 10.2. The zero-order valence-corrected chi connectivity index (χ0v) is 16.3. The first-order valence-electron chi connectivity index (χ1n) is 10.2. The number of nitrogens with zero attached hydrogens (tertiary/aromatic N) is 1. The van der Waals surface area contributed by atoms with Gasteiger partial charge in [0.05, 0.1) is 12.6 Å². The Morgan fingerprint density at radius 1 is 0.828 bits per heavy atom. The van der Waals surface area contributed by atoms with Gasteiger partial charge in [-0.2, -0.15) is 0 Å². The highest BCUT2D eigenvalue weighted by Gasteiger charge is 2.13. The van der Waals surface area contributed by atoms with Crippen molar-refractivity contribution in [1.29, 1.82) is 0 Å². The number of hydrogen-bond donors (Lipinski definition) is 3. The van der Waals surface area contributed by atoms with Gasteiger partial charge in [0, 0.05) is 45.5 Å². The van der Waals surface area contributed by atoms with E-state index in [0.29, 0.717) is 13.1 Å². The Balaban J connectivity index is 1.25. The predicted octanol–water partition coefficient (Wildman–Crippen LogP) is 4.47. The highest BCUT2D eigenvalue weighted by atomic mass is 16.3. The van der Waals surface area contributed by atoms with Crippen molar-refractivity contribution < 1.29 is 5.11 Å². The van der Waals surface area contributed by atoms with Crippen LogP contribution in [0.1, 0.15) is 5.56 Å². The van der Waals surface area contributed by atoms with E-state index in [4.69, 9.17) is 0 Å². The number of aliphatic hydroxyl groups excluding tert-OH is 1. The van der Waals surface area contributed by atoms with Crippen LogP contribution in [-0.2, 0) is 13.0 Å². The molecule has 0 amide bonds. The smallest absolute Gasteiger partial charge is 0.0843 e. The van der Waals surface area contributed by atoms with E-state index in [9.17, 15) is 5.11 Å². The number of aromatic nitrogens is 2. The Morgan fingerprint density at radius 2 is 1.45 bits per heavy atom. The third-order valence-electron chi connectivity index (χ3n) is 5.70. The molecule has 5 rings (SSSR count). The van der Waals surface area contributed by atoms with Gasteiger partial charge < -0.3 is 20.0 Å². The SMILES string of the molecule is O[C@H](CNCCc1c[nH]c2ccccc12)Cn1c2ccccc2c2ccccc21. The topological polar surface area (TPSA) is 53.0 Å². The van der Waals surface area contributed by atoms with Crippen molar-refractivity contribution in [1.82, 2.24) is 14.9 Å². The third-order valence-corrected chi connectivity index (χ3v) is 5.70. The summed E-state index contributed by atoms with van der Waals surface area (Å²) in [4.78, 5) is 3.32. The van der Waals surface area contributed by atoms with Crippen LogP contribution in [0.3, 0.4) is 0 Å². The molecule has 0 unspecified atom stereocenters. The highest BCUT2D eigenvalue weighted by molar-refractivity contribution is 6.07. The van der Waals surface area contributed by atoms with Crippen LogP contribution in [0.25, 0.3) is 32.7 Å². The van der Waals surface area contributed by atoms with Crippen molar-refractivity contribution in [2.45, 2.75) is 19.1 Å². The summed E-state index contributed by atoms with van der Waals surface area (Å²) in [6, 6.07) is 25.2. The number of aliphatic hydroxyl groups is 1. The molecule has 5 aromatic rings. The van der Waals surface area contributed by atoms with Crippen LogP contribution >= 0.6 is 0 Å². The first kappa shape index (κ1) is 18.0. The van der Waals surface area contributed by atoms with E-state index in [2.05, 4.69) is 87.8 Å². The Hall–Kier alpha value is -3.08. The summed E-state index contributed by atoms with van der Waals surface area (Å²) in [6.07, 6.45) is 2.57. The van der Waals surface area contributed by atoms with E-state index in [1.165, 1.54) is 38.3 Å². The molecule has 0 fully saturated rings. The summed E-state index contributed by atoms with van der Waals surface area (Å²) >= 11 is 0. The Kier molecular flexibility index (Phi) is 4.80. The standard InChI is InChI=1S/C25H25N3O/c29-19(16-26-14-13-18-15-27-23-10-4-1-7-20(18)23)17-28-24-11-5-2-8-21(24)22-9-3-6-12-25(22)28/h1-12,15,19,26-27,29H,13-14,16-17H2/t19-/m1/s1. The average molecular weight is 383 g/mol. The molecule has 0 saturated heterocycles. The number of rotatable bonds is 7. The predicted molar refractivity (Wildman–Crippen MR) is 120 cm³/mol. The number of nitrogens with one attached hydrogen (secondary N) is 2. The summed E-state index contributed by atoms with van der Waals surface area (Å²) in [7, 11) is 0. The van der Waals surface area contributed by atoms with Gasteiger partial charge in [0.15, 0.2) is 0 Å². The van der Waals surface area contributed by atoms with Gasteiger partial charge in [-0.3, -0.25) is 0 Å². The van der Waals surface area contributed by atoms with E-state index in [1.54, 1.807) is 0 Å². The van der Waals surface area contributed by atoms with Crippen molar-refractivity contribution in [2.24, 2.45) is 0 Å². The lowest BCUT2D eigenvalue weighted by Crippen LogP contribution is -2.31. The summed E-state index contributed by atoms with van der Waals surface area (Å²) in [6.45, 7) is 1.99. The molecular formula is C25H25N3O. The number of aromatic amines is 1. The van der Waals surface area contributed by atoms with Gasteiger partial charge in [-0.25, -0.2) is 0 Å². The van der Waals surface area contributed by atoms with Crippen molar-refractivity contribution in [2.75, 3.05) is 13.1 Å². The summed E-state index contributed by atoms with van der Waals surface area (Å²) in [5.41, 5.74) is 4.83. The Bertz CT molecular complexity index is 1210. The average Bonchev–Trinajstić information content (AvgIpc) is 3.31. The summed E-state index contributed by atoms with van der Waals surface area (Å²) in [5.74, 6) is 0. The molecule has 0 spiro atoms. The van der Waals surface area contributed by atoms with Crippen molar-refractivity contribution in [3.63, 3.8) is 0 Å². The molecule has 146 valence electrons.